The third-order valence-electron chi connectivity index (χ3n) is 5.12. The number of likely N-dealkylation sites (tertiary alicyclic amines) is 1. The molecule has 1 amide bonds. The van der Waals surface area contributed by atoms with Gasteiger partial charge in [-0.1, -0.05) is 41.9 Å². The van der Waals surface area contributed by atoms with Gasteiger partial charge in [0.1, 0.15) is 11.9 Å². The van der Waals surface area contributed by atoms with E-state index in [1.165, 1.54) is 0 Å². The second-order valence-electron chi connectivity index (χ2n) is 6.68. The van der Waals surface area contributed by atoms with E-state index in [0.717, 1.165) is 16.9 Å². The summed E-state index contributed by atoms with van der Waals surface area (Å²) in [6.07, 6.45) is 0.959. The highest BCUT2D eigenvalue weighted by Gasteiger charge is 2.50. The molecule has 0 bridgehead atoms. The van der Waals surface area contributed by atoms with Gasteiger partial charge in [0.2, 0.25) is 5.91 Å². The Labute approximate surface area is 152 Å². The Balaban J connectivity index is 1.55. The van der Waals surface area contributed by atoms with Crippen LogP contribution in [0.2, 0.25) is 5.02 Å². The Morgan fingerprint density at radius 3 is 2.80 bits per heavy atom. The van der Waals surface area contributed by atoms with Gasteiger partial charge in [-0.05, 0) is 30.2 Å². The number of hydrogen-bond donors (Lipinski definition) is 1. The van der Waals surface area contributed by atoms with E-state index in [9.17, 15) is 9.90 Å². The first-order chi connectivity index (χ1) is 12.2. The SMILES string of the molecule is O=C(CCc1ccccc1)N1C[C@@H](CO)[C@@H]2Oc3ccc(Cl)cc3[C@@H]21. The van der Waals surface area contributed by atoms with Crippen molar-refractivity contribution in [1.29, 1.82) is 0 Å². The molecule has 2 aromatic carbocycles. The molecule has 2 aliphatic heterocycles. The van der Waals surface area contributed by atoms with Crippen LogP contribution in [0.3, 0.4) is 0 Å². The monoisotopic (exact) mass is 357 g/mol. The van der Waals surface area contributed by atoms with Crippen molar-refractivity contribution in [2.45, 2.75) is 25.0 Å². The predicted molar refractivity (Wildman–Crippen MR) is 95.7 cm³/mol. The van der Waals surface area contributed by atoms with Crippen LogP contribution in [0.4, 0.5) is 0 Å². The lowest BCUT2D eigenvalue weighted by Gasteiger charge is -2.23. The van der Waals surface area contributed by atoms with Crippen LogP contribution in [0, 0.1) is 5.92 Å². The molecule has 2 aromatic rings. The van der Waals surface area contributed by atoms with Gasteiger partial charge < -0.3 is 14.7 Å². The maximum atomic E-state index is 12.9. The number of amides is 1. The van der Waals surface area contributed by atoms with Crippen molar-refractivity contribution < 1.29 is 14.6 Å². The Kier molecular flexibility index (Phi) is 4.40. The van der Waals surface area contributed by atoms with Crippen molar-refractivity contribution in [1.82, 2.24) is 4.90 Å². The first-order valence-corrected chi connectivity index (χ1v) is 8.95. The molecule has 0 saturated carbocycles. The van der Waals surface area contributed by atoms with Crippen LogP contribution in [-0.4, -0.2) is 35.2 Å². The van der Waals surface area contributed by atoms with Gasteiger partial charge >= 0.3 is 0 Å². The number of aliphatic hydroxyl groups is 1. The fraction of sp³-hybridized carbons (Fsp3) is 0.350. The molecule has 1 fully saturated rings. The van der Waals surface area contributed by atoms with E-state index in [2.05, 4.69) is 0 Å². The van der Waals surface area contributed by atoms with Crippen LogP contribution in [0.5, 0.6) is 5.75 Å². The molecule has 0 unspecified atom stereocenters. The predicted octanol–water partition coefficient (Wildman–Crippen LogP) is 3.23. The molecule has 0 aliphatic carbocycles. The second-order valence-corrected chi connectivity index (χ2v) is 7.12. The van der Waals surface area contributed by atoms with Gasteiger partial charge in [-0.15, -0.1) is 0 Å². The minimum Gasteiger partial charge on any atom is -0.487 e. The first-order valence-electron chi connectivity index (χ1n) is 8.57. The molecule has 0 spiro atoms. The number of aryl methyl sites for hydroxylation is 1. The number of carbonyl (C=O) groups excluding carboxylic acids is 1. The van der Waals surface area contributed by atoms with E-state index in [4.69, 9.17) is 16.3 Å². The number of benzene rings is 2. The van der Waals surface area contributed by atoms with Crippen molar-refractivity contribution in [3.05, 3.63) is 64.7 Å². The molecule has 4 rings (SSSR count). The number of halogens is 1. The second kappa shape index (κ2) is 6.70. The summed E-state index contributed by atoms with van der Waals surface area (Å²) in [5, 5.41) is 10.3. The molecule has 5 heteroatoms. The quantitative estimate of drug-likeness (QED) is 0.914. The van der Waals surface area contributed by atoms with Crippen LogP contribution in [0.25, 0.3) is 0 Å². The standard InChI is InChI=1S/C20H20ClNO3/c21-15-7-8-17-16(10-15)19-20(25-17)14(12-23)11-22(19)18(24)9-6-13-4-2-1-3-5-13/h1-5,7-8,10,14,19-20,23H,6,9,11-12H2/t14-,19-,20-/m0/s1. The highest BCUT2D eigenvalue weighted by Crippen LogP contribution is 2.48. The zero-order valence-corrected chi connectivity index (χ0v) is 14.5. The lowest BCUT2D eigenvalue weighted by atomic mass is 9.99. The van der Waals surface area contributed by atoms with Gasteiger partial charge in [0, 0.05) is 29.5 Å². The normalized spacial score (nSPS) is 23.9. The maximum Gasteiger partial charge on any atom is 0.223 e. The summed E-state index contributed by atoms with van der Waals surface area (Å²) in [7, 11) is 0. The molecule has 1 saturated heterocycles. The maximum absolute atomic E-state index is 12.9. The lowest BCUT2D eigenvalue weighted by Crippen LogP contribution is -2.32. The molecular weight excluding hydrogens is 338 g/mol. The third-order valence-corrected chi connectivity index (χ3v) is 5.36. The van der Waals surface area contributed by atoms with E-state index < -0.39 is 0 Å². The van der Waals surface area contributed by atoms with Crippen molar-refractivity contribution in [3.8, 4) is 5.75 Å². The molecule has 0 aromatic heterocycles. The molecule has 1 N–H and O–H groups in total. The van der Waals surface area contributed by atoms with Crippen molar-refractivity contribution in [2.75, 3.05) is 13.2 Å². The van der Waals surface area contributed by atoms with Gasteiger partial charge in [0.15, 0.2) is 0 Å². The van der Waals surface area contributed by atoms with E-state index >= 15 is 0 Å². The van der Waals surface area contributed by atoms with Gasteiger partial charge in [-0.25, -0.2) is 0 Å². The van der Waals surface area contributed by atoms with Crippen LogP contribution < -0.4 is 4.74 Å². The average molecular weight is 358 g/mol. The Bertz CT molecular complexity index is 780. The smallest absolute Gasteiger partial charge is 0.223 e. The van der Waals surface area contributed by atoms with Crippen molar-refractivity contribution in [3.63, 3.8) is 0 Å². The number of fused-ring (bicyclic) bond motifs is 3. The summed E-state index contributed by atoms with van der Waals surface area (Å²) in [6.45, 7) is 0.525. The number of hydrogen-bond acceptors (Lipinski definition) is 3. The number of aliphatic hydroxyl groups excluding tert-OH is 1. The first kappa shape index (κ1) is 16.4. The molecular formula is C20H20ClNO3. The van der Waals surface area contributed by atoms with Crippen LogP contribution >= 0.6 is 11.6 Å². The number of carbonyl (C=O) groups is 1. The molecule has 25 heavy (non-hydrogen) atoms. The molecule has 130 valence electrons. The molecule has 4 nitrogen and oxygen atoms in total. The Morgan fingerprint density at radius 1 is 1.24 bits per heavy atom. The summed E-state index contributed by atoms with van der Waals surface area (Å²) >= 11 is 6.14. The van der Waals surface area contributed by atoms with E-state index in [0.29, 0.717) is 24.4 Å². The Morgan fingerprint density at radius 2 is 2.04 bits per heavy atom. The van der Waals surface area contributed by atoms with Crippen LogP contribution in [0.15, 0.2) is 48.5 Å². The summed E-state index contributed by atoms with van der Waals surface area (Å²) < 4.78 is 6.02. The third kappa shape index (κ3) is 3.00. The number of rotatable bonds is 4. The Hall–Kier alpha value is -2.04. The van der Waals surface area contributed by atoms with Gasteiger partial charge in [0.05, 0.1) is 12.6 Å². The number of ether oxygens (including phenoxy) is 1. The van der Waals surface area contributed by atoms with E-state index in [1.54, 1.807) is 6.07 Å². The highest BCUT2D eigenvalue weighted by molar-refractivity contribution is 6.30. The zero-order valence-electron chi connectivity index (χ0n) is 13.8. The van der Waals surface area contributed by atoms with E-state index in [1.807, 2.05) is 47.4 Å². The summed E-state index contributed by atoms with van der Waals surface area (Å²) in [5.41, 5.74) is 2.10. The lowest BCUT2D eigenvalue weighted by molar-refractivity contribution is -0.132. The minimum absolute atomic E-state index is 0.00531. The van der Waals surface area contributed by atoms with Gasteiger partial charge in [0.25, 0.3) is 0 Å². The highest BCUT2D eigenvalue weighted by atomic mass is 35.5. The number of nitrogens with zero attached hydrogens (tertiary/aromatic N) is 1. The molecule has 2 heterocycles. The fourth-order valence-electron chi connectivity index (χ4n) is 3.87. The zero-order chi connectivity index (χ0) is 17.4. The average Bonchev–Trinajstić information content (AvgIpc) is 3.17. The summed E-state index contributed by atoms with van der Waals surface area (Å²) in [4.78, 5) is 14.7. The van der Waals surface area contributed by atoms with Crippen molar-refractivity contribution in [2.24, 2.45) is 5.92 Å². The molecule has 3 atom stereocenters. The van der Waals surface area contributed by atoms with Crippen LogP contribution in [-0.2, 0) is 11.2 Å². The molecule has 2 aliphatic rings. The fourth-order valence-corrected chi connectivity index (χ4v) is 4.05. The van der Waals surface area contributed by atoms with Gasteiger partial charge in [-0.3, -0.25) is 4.79 Å². The minimum atomic E-state index is -0.195. The summed E-state index contributed by atoms with van der Waals surface area (Å²) in [5.74, 6) is 0.779. The van der Waals surface area contributed by atoms with Crippen LogP contribution in [0.1, 0.15) is 23.6 Å². The van der Waals surface area contributed by atoms with E-state index in [-0.39, 0.29) is 30.6 Å². The largest absolute Gasteiger partial charge is 0.487 e. The van der Waals surface area contributed by atoms with Gasteiger partial charge in [-0.2, -0.15) is 0 Å². The van der Waals surface area contributed by atoms with Crippen molar-refractivity contribution >= 4 is 17.5 Å². The molecule has 0 radical (unpaired) electrons. The topological polar surface area (TPSA) is 49.8 Å². The summed E-state index contributed by atoms with van der Waals surface area (Å²) in [6, 6.07) is 15.3.